The first-order valence-electron chi connectivity index (χ1n) is 12.6. The van der Waals surface area contributed by atoms with Crippen LogP contribution in [-0.4, -0.2) is 47.5 Å². The number of hydrogen-bond acceptors (Lipinski definition) is 4. The molecule has 0 aromatic heterocycles. The van der Waals surface area contributed by atoms with Crippen molar-refractivity contribution in [3.8, 4) is 0 Å². The third-order valence-corrected chi connectivity index (χ3v) is 5.51. The van der Waals surface area contributed by atoms with E-state index in [0.717, 1.165) is 49.7 Å². The summed E-state index contributed by atoms with van der Waals surface area (Å²) in [6, 6.07) is 6.89. The molecular formula is C27H45N3O4. The van der Waals surface area contributed by atoms with Gasteiger partial charge in [0.15, 0.2) is 0 Å². The lowest BCUT2D eigenvalue weighted by Crippen LogP contribution is -2.49. The molecule has 0 heterocycles. The quantitative estimate of drug-likeness (QED) is 0.380. The number of rotatable bonds is 13. The lowest BCUT2D eigenvalue weighted by atomic mass is 9.98. The normalized spacial score (nSPS) is 13.0. The molecule has 7 heteroatoms. The van der Waals surface area contributed by atoms with Crippen molar-refractivity contribution < 1.29 is 19.1 Å². The molecule has 3 amide bonds. The molecule has 1 aromatic carbocycles. The minimum atomic E-state index is -0.768. The van der Waals surface area contributed by atoms with Gasteiger partial charge in [0.1, 0.15) is 18.2 Å². The van der Waals surface area contributed by atoms with Gasteiger partial charge in [-0.2, -0.15) is 0 Å². The molecule has 0 aliphatic carbocycles. The summed E-state index contributed by atoms with van der Waals surface area (Å²) in [6.45, 7) is 13.6. The number of benzene rings is 1. The van der Waals surface area contributed by atoms with Gasteiger partial charge in [0.2, 0.25) is 11.8 Å². The number of ether oxygens (including phenoxy) is 1. The summed E-state index contributed by atoms with van der Waals surface area (Å²) < 4.78 is 5.27. The average Bonchev–Trinajstić information content (AvgIpc) is 2.74. The lowest BCUT2D eigenvalue weighted by Gasteiger charge is -2.33. The lowest BCUT2D eigenvalue weighted by molar-refractivity contribution is -0.140. The molecule has 0 bridgehead atoms. The van der Waals surface area contributed by atoms with Gasteiger partial charge in [-0.05, 0) is 58.6 Å². The summed E-state index contributed by atoms with van der Waals surface area (Å²) in [5.41, 5.74) is 1.08. The number of nitrogens with one attached hydrogen (secondary N) is 2. The zero-order valence-electron chi connectivity index (χ0n) is 22.2. The fourth-order valence-corrected chi connectivity index (χ4v) is 3.84. The molecule has 1 rings (SSSR count). The highest BCUT2D eigenvalue weighted by atomic mass is 16.6. The Kier molecular flexibility index (Phi) is 12.7. The topological polar surface area (TPSA) is 87.7 Å². The van der Waals surface area contributed by atoms with E-state index in [1.54, 1.807) is 25.7 Å². The molecule has 0 saturated carbocycles. The van der Waals surface area contributed by atoms with E-state index < -0.39 is 17.7 Å². The van der Waals surface area contributed by atoms with Crippen LogP contribution in [0.1, 0.15) is 97.2 Å². The van der Waals surface area contributed by atoms with E-state index >= 15 is 0 Å². The number of hydrogen-bond donors (Lipinski definition) is 2. The van der Waals surface area contributed by atoms with Crippen molar-refractivity contribution in [2.24, 2.45) is 0 Å². The van der Waals surface area contributed by atoms with Crippen LogP contribution in [0.2, 0.25) is 0 Å². The minimum absolute atomic E-state index is 0.000880. The van der Waals surface area contributed by atoms with Gasteiger partial charge in [0, 0.05) is 12.6 Å². The fourth-order valence-electron chi connectivity index (χ4n) is 3.84. The SMILES string of the molecule is CCCCCCN(C(=O)CNC(=O)OC(C)(C)C)C(C(=O)NC(C)CCC)c1ccccc1C. The van der Waals surface area contributed by atoms with Crippen LogP contribution in [0.4, 0.5) is 4.79 Å². The first-order valence-corrected chi connectivity index (χ1v) is 12.6. The van der Waals surface area contributed by atoms with Crippen LogP contribution in [0.15, 0.2) is 24.3 Å². The number of nitrogens with zero attached hydrogens (tertiary/aromatic N) is 1. The zero-order valence-corrected chi connectivity index (χ0v) is 22.2. The van der Waals surface area contributed by atoms with Crippen molar-refractivity contribution in [1.82, 2.24) is 15.5 Å². The van der Waals surface area contributed by atoms with Gasteiger partial charge in [0.25, 0.3) is 0 Å². The van der Waals surface area contributed by atoms with Gasteiger partial charge < -0.3 is 20.3 Å². The molecule has 34 heavy (non-hydrogen) atoms. The summed E-state index contributed by atoms with van der Waals surface area (Å²) in [5, 5.41) is 5.65. The Labute approximate surface area is 206 Å². The first-order chi connectivity index (χ1) is 16.0. The Morgan fingerprint density at radius 2 is 1.71 bits per heavy atom. The summed E-state index contributed by atoms with van der Waals surface area (Å²) in [7, 11) is 0. The molecule has 0 fully saturated rings. The van der Waals surface area contributed by atoms with Gasteiger partial charge in [0.05, 0.1) is 0 Å². The number of amides is 3. The van der Waals surface area contributed by atoms with E-state index in [-0.39, 0.29) is 24.4 Å². The molecule has 0 spiro atoms. The van der Waals surface area contributed by atoms with Crippen LogP contribution < -0.4 is 10.6 Å². The van der Waals surface area contributed by atoms with Gasteiger partial charge in [-0.3, -0.25) is 9.59 Å². The monoisotopic (exact) mass is 475 g/mol. The van der Waals surface area contributed by atoms with Crippen molar-refractivity contribution in [2.45, 2.75) is 105 Å². The number of aryl methyl sites for hydroxylation is 1. The second-order valence-corrected chi connectivity index (χ2v) is 9.96. The van der Waals surface area contributed by atoms with Crippen LogP contribution in [0.3, 0.4) is 0 Å². The minimum Gasteiger partial charge on any atom is -0.444 e. The molecular weight excluding hydrogens is 430 g/mol. The van der Waals surface area contributed by atoms with E-state index in [0.29, 0.717) is 6.54 Å². The van der Waals surface area contributed by atoms with Crippen LogP contribution in [0.25, 0.3) is 0 Å². The molecule has 7 nitrogen and oxygen atoms in total. The summed E-state index contributed by atoms with van der Waals surface area (Å²) >= 11 is 0. The first kappa shape index (κ1) is 29.5. The van der Waals surface area contributed by atoms with Crippen molar-refractivity contribution in [3.63, 3.8) is 0 Å². The largest absolute Gasteiger partial charge is 0.444 e. The van der Waals surface area contributed by atoms with Crippen molar-refractivity contribution in [2.75, 3.05) is 13.1 Å². The maximum absolute atomic E-state index is 13.5. The number of carbonyl (C=O) groups is 3. The highest BCUT2D eigenvalue weighted by Crippen LogP contribution is 2.26. The predicted octanol–water partition coefficient (Wildman–Crippen LogP) is 5.27. The maximum atomic E-state index is 13.5. The van der Waals surface area contributed by atoms with Crippen molar-refractivity contribution in [1.29, 1.82) is 0 Å². The van der Waals surface area contributed by atoms with Crippen LogP contribution in [-0.2, 0) is 14.3 Å². The van der Waals surface area contributed by atoms with E-state index in [4.69, 9.17) is 4.74 Å². The third kappa shape index (κ3) is 10.6. The maximum Gasteiger partial charge on any atom is 0.408 e. The van der Waals surface area contributed by atoms with Crippen molar-refractivity contribution >= 4 is 17.9 Å². The smallest absolute Gasteiger partial charge is 0.408 e. The molecule has 1 aromatic rings. The van der Waals surface area contributed by atoms with Gasteiger partial charge >= 0.3 is 6.09 Å². The van der Waals surface area contributed by atoms with E-state index in [2.05, 4.69) is 24.5 Å². The number of carbonyl (C=O) groups excluding carboxylic acids is 3. The number of alkyl carbamates (subject to hydrolysis) is 1. The van der Waals surface area contributed by atoms with E-state index in [1.807, 2.05) is 38.1 Å². The second-order valence-electron chi connectivity index (χ2n) is 9.96. The highest BCUT2D eigenvalue weighted by molar-refractivity contribution is 5.90. The number of unbranched alkanes of at least 4 members (excludes halogenated alkanes) is 3. The van der Waals surface area contributed by atoms with Gasteiger partial charge in [-0.25, -0.2) is 4.79 Å². The second kappa shape index (κ2) is 14.6. The predicted molar refractivity (Wildman–Crippen MR) is 137 cm³/mol. The van der Waals surface area contributed by atoms with Gasteiger partial charge in [-0.15, -0.1) is 0 Å². The molecule has 192 valence electrons. The van der Waals surface area contributed by atoms with Crippen LogP contribution in [0, 0.1) is 6.92 Å². The molecule has 2 unspecified atom stereocenters. The zero-order chi connectivity index (χ0) is 25.7. The molecule has 2 N–H and O–H groups in total. The molecule has 2 atom stereocenters. The van der Waals surface area contributed by atoms with Gasteiger partial charge in [-0.1, -0.05) is 63.8 Å². The third-order valence-electron chi connectivity index (χ3n) is 5.51. The van der Waals surface area contributed by atoms with E-state index in [9.17, 15) is 14.4 Å². The summed E-state index contributed by atoms with van der Waals surface area (Å²) in [5.74, 6) is -0.509. The highest BCUT2D eigenvalue weighted by Gasteiger charge is 2.33. The molecule has 0 saturated heterocycles. The molecule has 0 aliphatic heterocycles. The fraction of sp³-hybridized carbons (Fsp3) is 0.667. The Bertz CT molecular complexity index is 788. The standard InChI is InChI=1S/C27H45N3O4/c1-8-10-11-14-18-30(23(31)19-28-26(33)34-27(5,6)7)24(22-17-13-12-16-20(22)3)25(32)29-21(4)15-9-2/h12-13,16-17,21,24H,8-11,14-15,18-19H2,1-7H3,(H,28,33)(H,29,32). The average molecular weight is 476 g/mol. The Morgan fingerprint density at radius 1 is 1.03 bits per heavy atom. The molecule has 0 aliphatic rings. The Balaban J connectivity index is 3.21. The van der Waals surface area contributed by atoms with Crippen molar-refractivity contribution in [3.05, 3.63) is 35.4 Å². The van der Waals surface area contributed by atoms with Crippen LogP contribution >= 0.6 is 0 Å². The summed E-state index contributed by atoms with van der Waals surface area (Å²) in [4.78, 5) is 40.7. The van der Waals surface area contributed by atoms with Crippen LogP contribution in [0.5, 0.6) is 0 Å². The Hall–Kier alpha value is -2.57. The molecule has 0 radical (unpaired) electrons. The van der Waals surface area contributed by atoms with E-state index in [1.165, 1.54) is 0 Å². The summed E-state index contributed by atoms with van der Waals surface area (Å²) in [6.07, 6.45) is 5.05. The Morgan fingerprint density at radius 3 is 2.29 bits per heavy atom.